The molecular weight excluding hydrogens is 299 g/mol. The van der Waals surface area contributed by atoms with E-state index in [9.17, 15) is 9.18 Å². The highest BCUT2D eigenvalue weighted by Crippen LogP contribution is 2.12. The maximum absolute atomic E-state index is 13.0. The van der Waals surface area contributed by atoms with E-state index in [0.717, 1.165) is 5.56 Å². The summed E-state index contributed by atoms with van der Waals surface area (Å²) in [6.07, 6.45) is 0.632. The number of hydrogen-bond acceptors (Lipinski definition) is 4. The number of carbonyl (C=O) groups is 1. The molecule has 2 rings (SSSR count). The fraction of sp³-hybridized carbons (Fsp3) is 0.412. The highest BCUT2D eigenvalue weighted by Gasteiger charge is 2.17. The number of nitrogens with zero attached hydrogens (tertiary/aromatic N) is 1. The lowest BCUT2D eigenvalue weighted by Crippen LogP contribution is -2.42. The summed E-state index contributed by atoms with van der Waals surface area (Å²) in [5.74, 6) is 0.647. The molecule has 0 bridgehead atoms. The van der Waals surface area contributed by atoms with E-state index in [-0.39, 0.29) is 36.2 Å². The minimum Gasteiger partial charge on any atom is -0.465 e. The number of aromatic nitrogens is 1. The summed E-state index contributed by atoms with van der Waals surface area (Å²) in [6.45, 7) is 5.67. The predicted molar refractivity (Wildman–Crippen MR) is 83.6 cm³/mol. The Balaban J connectivity index is 1.87. The third-order valence-corrected chi connectivity index (χ3v) is 3.48. The van der Waals surface area contributed by atoms with Crippen LogP contribution < -0.4 is 10.1 Å². The SMILES string of the molecule is Cc1cc(OCC(=O)N[C@H](Cc2ccc(F)cc2)C(C)C)no1. The molecule has 0 unspecified atom stereocenters. The van der Waals surface area contributed by atoms with Gasteiger partial charge < -0.3 is 14.6 Å². The zero-order valence-electron chi connectivity index (χ0n) is 13.5. The van der Waals surface area contributed by atoms with E-state index < -0.39 is 0 Å². The molecule has 1 atom stereocenters. The molecule has 1 heterocycles. The van der Waals surface area contributed by atoms with Crippen LogP contribution in [0.5, 0.6) is 5.88 Å². The van der Waals surface area contributed by atoms with Crippen molar-refractivity contribution >= 4 is 5.91 Å². The fourth-order valence-corrected chi connectivity index (χ4v) is 2.13. The van der Waals surface area contributed by atoms with Crippen LogP contribution in [0.4, 0.5) is 4.39 Å². The second kappa shape index (κ2) is 7.76. The second-order valence-corrected chi connectivity index (χ2v) is 5.81. The Morgan fingerprint density at radius 3 is 2.61 bits per heavy atom. The number of carbonyl (C=O) groups excluding carboxylic acids is 1. The minimum atomic E-state index is -0.268. The molecule has 0 aliphatic carbocycles. The molecule has 0 aliphatic heterocycles. The van der Waals surface area contributed by atoms with Gasteiger partial charge in [-0.3, -0.25) is 4.79 Å². The Kier molecular flexibility index (Phi) is 5.73. The largest absolute Gasteiger partial charge is 0.465 e. The lowest BCUT2D eigenvalue weighted by molar-refractivity contribution is -0.124. The Labute approximate surface area is 134 Å². The lowest BCUT2D eigenvalue weighted by Gasteiger charge is -2.22. The van der Waals surface area contributed by atoms with E-state index in [4.69, 9.17) is 9.26 Å². The van der Waals surface area contributed by atoms with Gasteiger partial charge in [0.15, 0.2) is 6.61 Å². The van der Waals surface area contributed by atoms with Gasteiger partial charge in [-0.05, 0) is 42.1 Å². The van der Waals surface area contributed by atoms with Crippen LogP contribution in [0, 0.1) is 18.7 Å². The van der Waals surface area contributed by atoms with E-state index in [2.05, 4.69) is 10.5 Å². The van der Waals surface area contributed by atoms with Gasteiger partial charge >= 0.3 is 0 Å². The fourth-order valence-electron chi connectivity index (χ4n) is 2.13. The van der Waals surface area contributed by atoms with Gasteiger partial charge in [0, 0.05) is 12.1 Å². The monoisotopic (exact) mass is 320 g/mol. The molecule has 1 N–H and O–H groups in total. The van der Waals surface area contributed by atoms with Crippen molar-refractivity contribution in [3.63, 3.8) is 0 Å². The van der Waals surface area contributed by atoms with Gasteiger partial charge in [0.05, 0.1) is 0 Å². The molecule has 1 aromatic carbocycles. The number of halogens is 1. The number of rotatable bonds is 7. The average molecular weight is 320 g/mol. The number of ether oxygens (including phenoxy) is 1. The first kappa shape index (κ1) is 17.0. The normalized spacial score (nSPS) is 12.2. The van der Waals surface area contributed by atoms with Crippen LogP contribution in [-0.4, -0.2) is 23.7 Å². The molecule has 0 spiro atoms. The zero-order valence-corrected chi connectivity index (χ0v) is 13.5. The van der Waals surface area contributed by atoms with Gasteiger partial charge in [0.1, 0.15) is 11.6 Å². The molecule has 1 aromatic heterocycles. The third-order valence-electron chi connectivity index (χ3n) is 3.48. The van der Waals surface area contributed by atoms with Gasteiger partial charge in [-0.2, -0.15) is 0 Å². The van der Waals surface area contributed by atoms with E-state index in [0.29, 0.717) is 12.2 Å². The van der Waals surface area contributed by atoms with Crippen LogP contribution in [0.15, 0.2) is 34.9 Å². The number of aryl methyl sites for hydroxylation is 1. The zero-order chi connectivity index (χ0) is 16.8. The predicted octanol–water partition coefficient (Wildman–Crippen LogP) is 2.88. The minimum absolute atomic E-state index is 0.0596. The van der Waals surface area contributed by atoms with Gasteiger partial charge in [-0.15, -0.1) is 0 Å². The van der Waals surface area contributed by atoms with Crippen molar-refractivity contribution in [2.45, 2.75) is 33.2 Å². The Hall–Kier alpha value is -2.37. The molecule has 0 saturated heterocycles. The number of amides is 1. The molecule has 6 heteroatoms. The summed E-state index contributed by atoms with van der Waals surface area (Å²) >= 11 is 0. The summed E-state index contributed by atoms with van der Waals surface area (Å²) in [6, 6.07) is 7.85. The maximum Gasteiger partial charge on any atom is 0.258 e. The molecule has 23 heavy (non-hydrogen) atoms. The molecule has 0 aliphatic rings. The molecule has 1 amide bonds. The summed E-state index contributed by atoms with van der Waals surface area (Å²) in [5.41, 5.74) is 0.971. The molecule has 0 radical (unpaired) electrons. The van der Waals surface area contributed by atoms with E-state index in [1.165, 1.54) is 12.1 Å². The van der Waals surface area contributed by atoms with Crippen LogP contribution in [0.3, 0.4) is 0 Å². The third kappa shape index (κ3) is 5.39. The first-order valence-electron chi connectivity index (χ1n) is 7.54. The topological polar surface area (TPSA) is 64.4 Å². The van der Waals surface area contributed by atoms with Gasteiger partial charge in [-0.1, -0.05) is 26.0 Å². The first-order valence-corrected chi connectivity index (χ1v) is 7.54. The van der Waals surface area contributed by atoms with Gasteiger partial charge in [0.2, 0.25) is 0 Å². The molecule has 2 aromatic rings. The number of hydrogen-bond donors (Lipinski definition) is 1. The van der Waals surface area contributed by atoms with Crippen LogP contribution in [0.25, 0.3) is 0 Å². The summed E-state index contributed by atoms with van der Waals surface area (Å²) in [7, 11) is 0. The number of nitrogens with one attached hydrogen (secondary N) is 1. The standard InChI is InChI=1S/C17H21FN2O3/c1-11(2)15(9-13-4-6-14(18)7-5-13)19-16(21)10-22-17-8-12(3)23-20-17/h4-8,11,15H,9-10H2,1-3H3,(H,19,21)/t15-/m1/s1. The highest BCUT2D eigenvalue weighted by molar-refractivity contribution is 5.77. The Morgan fingerprint density at radius 1 is 1.35 bits per heavy atom. The molecule has 0 saturated carbocycles. The van der Waals surface area contributed by atoms with Crippen molar-refractivity contribution in [3.05, 3.63) is 47.5 Å². The molecular formula is C17H21FN2O3. The van der Waals surface area contributed by atoms with Crippen LogP contribution in [0.2, 0.25) is 0 Å². The van der Waals surface area contributed by atoms with Crippen molar-refractivity contribution in [2.24, 2.45) is 5.92 Å². The van der Waals surface area contributed by atoms with E-state index in [1.807, 2.05) is 13.8 Å². The molecule has 0 fully saturated rings. The molecule has 5 nitrogen and oxygen atoms in total. The smallest absolute Gasteiger partial charge is 0.258 e. The molecule has 124 valence electrons. The van der Waals surface area contributed by atoms with Crippen molar-refractivity contribution < 1.29 is 18.4 Å². The van der Waals surface area contributed by atoms with Crippen LogP contribution in [-0.2, 0) is 11.2 Å². The Bertz CT molecular complexity index is 638. The van der Waals surface area contributed by atoms with Crippen molar-refractivity contribution in [1.29, 1.82) is 0 Å². The van der Waals surface area contributed by atoms with E-state index in [1.54, 1.807) is 25.1 Å². The van der Waals surface area contributed by atoms with Crippen molar-refractivity contribution in [1.82, 2.24) is 10.5 Å². The average Bonchev–Trinajstić information content (AvgIpc) is 2.92. The van der Waals surface area contributed by atoms with Crippen molar-refractivity contribution in [2.75, 3.05) is 6.61 Å². The maximum atomic E-state index is 13.0. The van der Waals surface area contributed by atoms with E-state index >= 15 is 0 Å². The summed E-state index contributed by atoms with van der Waals surface area (Å²) in [4.78, 5) is 12.0. The summed E-state index contributed by atoms with van der Waals surface area (Å²) in [5, 5.41) is 6.61. The van der Waals surface area contributed by atoms with Crippen molar-refractivity contribution in [3.8, 4) is 5.88 Å². The van der Waals surface area contributed by atoms with Gasteiger partial charge in [-0.25, -0.2) is 4.39 Å². The Morgan fingerprint density at radius 2 is 2.04 bits per heavy atom. The van der Waals surface area contributed by atoms with Gasteiger partial charge in [0.25, 0.3) is 11.8 Å². The highest BCUT2D eigenvalue weighted by atomic mass is 19.1. The lowest BCUT2D eigenvalue weighted by atomic mass is 9.96. The second-order valence-electron chi connectivity index (χ2n) is 5.81. The first-order chi connectivity index (χ1) is 10.9. The van der Waals surface area contributed by atoms with Crippen LogP contribution >= 0.6 is 0 Å². The number of benzene rings is 1. The quantitative estimate of drug-likeness (QED) is 0.852. The summed E-state index contributed by atoms with van der Waals surface area (Å²) < 4.78 is 23.1. The van der Waals surface area contributed by atoms with Crippen LogP contribution in [0.1, 0.15) is 25.2 Å².